The van der Waals surface area contributed by atoms with Crippen molar-refractivity contribution in [2.75, 3.05) is 9.80 Å². The molecule has 2 nitrogen and oxygen atoms in total. The maximum absolute atomic E-state index is 3.99. The molecular formula is C62H50N2. The predicted octanol–water partition coefficient (Wildman–Crippen LogP) is 16.8. The van der Waals surface area contributed by atoms with Crippen molar-refractivity contribution < 1.29 is 0 Å². The highest BCUT2D eigenvalue weighted by atomic mass is 15.2. The Kier molecular flexibility index (Phi) is 9.36. The van der Waals surface area contributed by atoms with Gasteiger partial charge in [0.15, 0.2) is 0 Å². The van der Waals surface area contributed by atoms with Gasteiger partial charge in [-0.2, -0.15) is 0 Å². The van der Waals surface area contributed by atoms with E-state index in [0.717, 1.165) is 28.4 Å². The molecule has 2 heteroatoms. The van der Waals surface area contributed by atoms with Crippen LogP contribution in [0.15, 0.2) is 213 Å². The lowest BCUT2D eigenvalue weighted by Crippen LogP contribution is -2.26. The summed E-state index contributed by atoms with van der Waals surface area (Å²) in [6.45, 7) is 14.8. The Labute approximate surface area is 377 Å². The molecule has 64 heavy (non-hydrogen) atoms. The lowest BCUT2D eigenvalue weighted by atomic mass is 9.68. The van der Waals surface area contributed by atoms with Gasteiger partial charge < -0.3 is 9.80 Å². The number of rotatable bonds is 8. The minimum absolute atomic E-state index is 0.541. The quantitative estimate of drug-likeness (QED) is 0.141. The van der Waals surface area contributed by atoms with Crippen LogP contribution in [0.3, 0.4) is 0 Å². The second-order valence-corrected chi connectivity index (χ2v) is 17.5. The number of allylic oxidation sites excluding steroid dienone is 4. The molecule has 0 radical (unpaired) electrons. The van der Waals surface area contributed by atoms with E-state index in [4.69, 9.17) is 0 Å². The topological polar surface area (TPSA) is 6.48 Å². The fourth-order valence-corrected chi connectivity index (χ4v) is 11.1. The number of nitrogens with zero attached hydrogens (tertiary/aromatic N) is 2. The molecule has 308 valence electrons. The van der Waals surface area contributed by atoms with E-state index < -0.39 is 5.41 Å². The SMILES string of the molecule is C=C/C=C\C(=C/C)N(c1ccc2c3c(ccc2c1)-c1ccc2cc(N(c4ccccc4)c4ccc(C)cc4C)ccc2c1C31c2ccccc2-c2ccccc21)c1ccc(C)cc1C. The van der Waals surface area contributed by atoms with E-state index in [1.54, 1.807) is 0 Å². The molecule has 2 aliphatic carbocycles. The van der Waals surface area contributed by atoms with Crippen LogP contribution in [0.25, 0.3) is 43.8 Å². The summed E-state index contributed by atoms with van der Waals surface area (Å²) in [6, 6.07) is 66.3. The number of hydrogen-bond donors (Lipinski definition) is 0. The van der Waals surface area contributed by atoms with E-state index in [1.807, 2.05) is 12.2 Å². The number of hydrogen-bond acceptors (Lipinski definition) is 2. The second-order valence-electron chi connectivity index (χ2n) is 17.5. The number of para-hydroxylation sites is 1. The molecule has 11 rings (SSSR count). The van der Waals surface area contributed by atoms with Crippen LogP contribution >= 0.6 is 0 Å². The van der Waals surface area contributed by atoms with Crippen LogP contribution in [0.1, 0.15) is 51.4 Å². The largest absolute Gasteiger partial charge is 0.311 e. The van der Waals surface area contributed by atoms with Gasteiger partial charge in [0.1, 0.15) is 0 Å². The molecule has 9 aromatic carbocycles. The molecule has 1 spiro atoms. The van der Waals surface area contributed by atoms with E-state index in [0.29, 0.717) is 0 Å². The fourth-order valence-electron chi connectivity index (χ4n) is 11.1. The molecule has 0 saturated carbocycles. The van der Waals surface area contributed by atoms with Crippen molar-refractivity contribution in [3.8, 4) is 22.3 Å². The third kappa shape index (κ3) is 5.86. The summed E-state index contributed by atoms with van der Waals surface area (Å²) in [5.74, 6) is 0. The van der Waals surface area contributed by atoms with Gasteiger partial charge in [0, 0.05) is 34.1 Å². The molecular weight excluding hydrogens is 773 g/mol. The zero-order chi connectivity index (χ0) is 43.7. The molecule has 9 aromatic rings. The van der Waals surface area contributed by atoms with E-state index in [2.05, 4.69) is 239 Å². The van der Waals surface area contributed by atoms with Gasteiger partial charge in [0.05, 0.1) is 5.41 Å². The van der Waals surface area contributed by atoms with Crippen LogP contribution in [-0.4, -0.2) is 0 Å². The number of aryl methyl sites for hydroxylation is 4. The first kappa shape index (κ1) is 39.2. The van der Waals surface area contributed by atoms with Crippen LogP contribution < -0.4 is 9.80 Å². The Bertz CT molecular complexity index is 3370. The molecule has 0 N–H and O–H groups in total. The van der Waals surface area contributed by atoms with Crippen molar-refractivity contribution in [2.24, 2.45) is 0 Å². The first-order chi connectivity index (χ1) is 31.3. The van der Waals surface area contributed by atoms with Gasteiger partial charge in [0.25, 0.3) is 0 Å². The molecule has 2 aliphatic rings. The van der Waals surface area contributed by atoms with Gasteiger partial charge >= 0.3 is 0 Å². The lowest BCUT2D eigenvalue weighted by Gasteiger charge is -2.33. The maximum Gasteiger partial charge on any atom is 0.0737 e. The van der Waals surface area contributed by atoms with Crippen LogP contribution in [0.4, 0.5) is 28.4 Å². The van der Waals surface area contributed by atoms with Crippen LogP contribution in [0.2, 0.25) is 0 Å². The smallest absolute Gasteiger partial charge is 0.0737 e. The Morgan fingerprint density at radius 3 is 1.58 bits per heavy atom. The van der Waals surface area contributed by atoms with Gasteiger partial charge in [-0.25, -0.2) is 0 Å². The summed E-state index contributed by atoms with van der Waals surface area (Å²) in [4.78, 5) is 4.79. The third-order valence-electron chi connectivity index (χ3n) is 13.7. The van der Waals surface area contributed by atoms with Crippen molar-refractivity contribution >= 4 is 50.0 Å². The molecule has 0 atom stereocenters. The van der Waals surface area contributed by atoms with Crippen LogP contribution in [0.5, 0.6) is 0 Å². The molecule has 0 bridgehead atoms. The lowest BCUT2D eigenvalue weighted by molar-refractivity contribution is 0.809. The van der Waals surface area contributed by atoms with E-state index in [9.17, 15) is 0 Å². The first-order valence-electron chi connectivity index (χ1n) is 22.4. The molecule has 0 fully saturated rings. The Hall–Kier alpha value is -7.68. The second kappa shape index (κ2) is 15.3. The zero-order valence-corrected chi connectivity index (χ0v) is 37.2. The first-order valence-corrected chi connectivity index (χ1v) is 22.4. The highest BCUT2D eigenvalue weighted by molar-refractivity contribution is 6.10. The predicted molar refractivity (Wildman–Crippen MR) is 273 cm³/mol. The van der Waals surface area contributed by atoms with Crippen LogP contribution in [0, 0.1) is 27.7 Å². The minimum atomic E-state index is -0.541. The number of fused-ring (bicyclic) bond motifs is 14. The van der Waals surface area contributed by atoms with E-state index >= 15 is 0 Å². The molecule has 0 aromatic heterocycles. The number of anilines is 5. The van der Waals surface area contributed by atoms with Crippen molar-refractivity contribution in [1.29, 1.82) is 0 Å². The molecule has 0 aliphatic heterocycles. The normalized spacial score (nSPS) is 13.3. The highest BCUT2D eigenvalue weighted by Crippen LogP contribution is 2.65. The third-order valence-corrected chi connectivity index (χ3v) is 13.7. The minimum Gasteiger partial charge on any atom is -0.311 e. The summed E-state index contributed by atoms with van der Waals surface area (Å²) in [5, 5.41) is 4.97. The van der Waals surface area contributed by atoms with E-state index in [-0.39, 0.29) is 0 Å². The van der Waals surface area contributed by atoms with Gasteiger partial charge in [-0.3, -0.25) is 0 Å². The molecule has 0 heterocycles. The fraction of sp³-hybridized carbons (Fsp3) is 0.0968. The summed E-state index contributed by atoms with van der Waals surface area (Å²) in [7, 11) is 0. The zero-order valence-electron chi connectivity index (χ0n) is 37.2. The van der Waals surface area contributed by atoms with Gasteiger partial charge in [-0.1, -0.05) is 163 Å². The van der Waals surface area contributed by atoms with Crippen LogP contribution in [-0.2, 0) is 5.41 Å². The summed E-state index contributed by atoms with van der Waals surface area (Å²) in [5.41, 5.74) is 21.9. The Morgan fingerprint density at radius 2 is 1.02 bits per heavy atom. The molecule has 0 unspecified atom stereocenters. The van der Waals surface area contributed by atoms with Crippen molar-refractivity contribution in [1.82, 2.24) is 0 Å². The molecule has 0 amide bonds. The highest BCUT2D eigenvalue weighted by Gasteiger charge is 2.53. The standard InChI is InChI=1S/C62H50N2/c1-7-9-17-46(8-2)63(58-34-24-40(3)36-42(58)5)48-28-32-50-44(38-48)26-30-54-55-31-27-45-39-49(64(47-18-11-10-12-19-47)59-35-25-41(4)37-43(59)6)29-33-51(45)61(55)62(60(50)54)56-22-15-13-20-52(56)53-21-14-16-23-57(53)62/h7-39H,1H2,2-6H3/b17-9-,46-8+. The van der Waals surface area contributed by atoms with Crippen molar-refractivity contribution in [2.45, 2.75) is 40.0 Å². The van der Waals surface area contributed by atoms with Gasteiger partial charge in [0.2, 0.25) is 0 Å². The summed E-state index contributed by atoms with van der Waals surface area (Å²) < 4.78 is 0. The van der Waals surface area contributed by atoms with Crippen molar-refractivity contribution in [3.05, 3.63) is 257 Å². The number of benzene rings is 9. The van der Waals surface area contributed by atoms with E-state index in [1.165, 1.54) is 94.0 Å². The average molecular weight is 823 g/mol. The average Bonchev–Trinajstić information content (AvgIpc) is 3.79. The van der Waals surface area contributed by atoms with Gasteiger partial charge in [-0.05, 0) is 166 Å². The Balaban J connectivity index is 1.17. The maximum atomic E-state index is 3.99. The van der Waals surface area contributed by atoms with Crippen molar-refractivity contribution in [3.63, 3.8) is 0 Å². The summed E-state index contributed by atoms with van der Waals surface area (Å²) in [6.07, 6.45) is 8.19. The monoisotopic (exact) mass is 822 g/mol. The Morgan fingerprint density at radius 1 is 0.484 bits per heavy atom. The summed E-state index contributed by atoms with van der Waals surface area (Å²) >= 11 is 0. The molecule has 0 saturated heterocycles. The van der Waals surface area contributed by atoms with Gasteiger partial charge in [-0.15, -0.1) is 0 Å².